The summed E-state index contributed by atoms with van der Waals surface area (Å²) in [6, 6.07) is 12.0. The Bertz CT molecular complexity index is 633. The van der Waals surface area contributed by atoms with Crippen LogP contribution in [0.2, 0.25) is 0 Å². The van der Waals surface area contributed by atoms with Gasteiger partial charge in [-0.3, -0.25) is 0 Å². The lowest BCUT2D eigenvalue weighted by Gasteiger charge is -2.00. The molecule has 0 amide bonds. The summed E-state index contributed by atoms with van der Waals surface area (Å²) in [5.74, 6) is 0.364. The van der Waals surface area contributed by atoms with E-state index >= 15 is 0 Å². The Balaban J connectivity index is 2.01. The van der Waals surface area contributed by atoms with Crippen molar-refractivity contribution in [1.82, 2.24) is 0 Å². The molecule has 2 N–H and O–H groups in total. The Morgan fingerprint density at radius 3 is 1.27 bits per heavy atom. The SMILES string of the molecule is O=C(O)Oc1ccc(N=Nc2ccc(OC(=O)O)cc2)cc1. The van der Waals surface area contributed by atoms with E-state index in [9.17, 15) is 9.59 Å². The predicted molar refractivity (Wildman–Crippen MR) is 74.4 cm³/mol. The molecule has 112 valence electrons. The first-order valence-corrected chi connectivity index (χ1v) is 5.96. The first-order chi connectivity index (χ1) is 10.5. The molecule has 0 aromatic heterocycles. The molecule has 8 nitrogen and oxygen atoms in total. The van der Waals surface area contributed by atoms with Gasteiger partial charge in [0, 0.05) is 0 Å². The number of hydrogen-bond acceptors (Lipinski definition) is 6. The topological polar surface area (TPSA) is 118 Å². The van der Waals surface area contributed by atoms with Gasteiger partial charge in [0.1, 0.15) is 11.5 Å². The van der Waals surface area contributed by atoms with E-state index in [1.165, 1.54) is 24.3 Å². The van der Waals surface area contributed by atoms with Crippen molar-refractivity contribution in [3.8, 4) is 11.5 Å². The van der Waals surface area contributed by atoms with Gasteiger partial charge in [-0.25, -0.2) is 9.59 Å². The van der Waals surface area contributed by atoms with Gasteiger partial charge < -0.3 is 19.7 Å². The maximum absolute atomic E-state index is 10.3. The molecule has 0 spiro atoms. The zero-order valence-electron chi connectivity index (χ0n) is 11.0. The quantitative estimate of drug-likeness (QED) is 0.496. The predicted octanol–water partition coefficient (Wildman–Crippen LogP) is 4.22. The Kier molecular flexibility index (Phi) is 4.66. The molecule has 0 aliphatic carbocycles. The fourth-order valence-corrected chi connectivity index (χ4v) is 1.48. The lowest BCUT2D eigenvalue weighted by molar-refractivity contribution is 0.143. The van der Waals surface area contributed by atoms with Crippen LogP contribution in [0.25, 0.3) is 0 Å². The van der Waals surface area contributed by atoms with Crippen LogP contribution in [0.5, 0.6) is 11.5 Å². The van der Waals surface area contributed by atoms with E-state index in [-0.39, 0.29) is 11.5 Å². The van der Waals surface area contributed by atoms with Crippen LogP contribution in [0, 0.1) is 0 Å². The third-order valence-electron chi connectivity index (χ3n) is 2.36. The molecule has 0 aliphatic heterocycles. The molecule has 0 heterocycles. The number of hydrogen-bond donors (Lipinski definition) is 2. The van der Waals surface area contributed by atoms with Gasteiger partial charge in [0.2, 0.25) is 0 Å². The normalized spacial score (nSPS) is 10.4. The molecule has 0 radical (unpaired) electrons. The van der Waals surface area contributed by atoms with Crippen molar-refractivity contribution in [2.75, 3.05) is 0 Å². The highest BCUT2D eigenvalue weighted by Gasteiger charge is 2.01. The Morgan fingerprint density at radius 2 is 1.00 bits per heavy atom. The summed E-state index contributed by atoms with van der Waals surface area (Å²) in [6.45, 7) is 0. The molecule has 2 rings (SSSR count). The van der Waals surface area contributed by atoms with Crippen LogP contribution in [0.4, 0.5) is 21.0 Å². The minimum atomic E-state index is -1.39. The number of benzene rings is 2. The van der Waals surface area contributed by atoms with Gasteiger partial charge in [-0.15, -0.1) is 0 Å². The summed E-state index contributed by atoms with van der Waals surface area (Å²) in [6.07, 6.45) is -2.78. The number of nitrogens with zero attached hydrogens (tertiary/aromatic N) is 2. The summed E-state index contributed by atoms with van der Waals surface area (Å²) in [4.78, 5) is 20.7. The van der Waals surface area contributed by atoms with Crippen LogP contribution < -0.4 is 9.47 Å². The zero-order chi connectivity index (χ0) is 15.9. The van der Waals surface area contributed by atoms with E-state index in [2.05, 4.69) is 19.7 Å². The monoisotopic (exact) mass is 302 g/mol. The first kappa shape index (κ1) is 15.0. The summed E-state index contributed by atoms with van der Waals surface area (Å²) in [7, 11) is 0. The summed E-state index contributed by atoms with van der Waals surface area (Å²) >= 11 is 0. The highest BCUT2D eigenvalue weighted by Crippen LogP contribution is 2.23. The fraction of sp³-hybridized carbons (Fsp3) is 0. The fourth-order valence-electron chi connectivity index (χ4n) is 1.48. The number of carboxylic acid groups (broad SMARTS) is 2. The van der Waals surface area contributed by atoms with E-state index < -0.39 is 12.3 Å². The maximum Gasteiger partial charge on any atom is 0.511 e. The van der Waals surface area contributed by atoms with Gasteiger partial charge in [-0.05, 0) is 48.5 Å². The minimum Gasteiger partial charge on any atom is -0.449 e. The smallest absolute Gasteiger partial charge is 0.449 e. The Labute approximate surface area is 124 Å². The Hall–Kier alpha value is -3.42. The average molecular weight is 302 g/mol. The molecule has 0 unspecified atom stereocenters. The van der Waals surface area contributed by atoms with Crippen LogP contribution >= 0.6 is 0 Å². The lowest BCUT2D eigenvalue weighted by atomic mass is 10.3. The number of ether oxygens (including phenoxy) is 2. The zero-order valence-corrected chi connectivity index (χ0v) is 11.0. The molecule has 0 bridgehead atoms. The van der Waals surface area contributed by atoms with E-state index in [1.807, 2.05) is 0 Å². The van der Waals surface area contributed by atoms with Crippen molar-refractivity contribution in [3.63, 3.8) is 0 Å². The van der Waals surface area contributed by atoms with Crippen LogP contribution in [-0.2, 0) is 0 Å². The first-order valence-electron chi connectivity index (χ1n) is 5.96. The molecule has 8 heteroatoms. The van der Waals surface area contributed by atoms with Crippen molar-refractivity contribution < 1.29 is 29.3 Å². The molecule has 0 fully saturated rings. The van der Waals surface area contributed by atoms with E-state index in [0.717, 1.165) is 0 Å². The van der Waals surface area contributed by atoms with E-state index in [1.54, 1.807) is 24.3 Å². The van der Waals surface area contributed by atoms with Crippen LogP contribution in [0.1, 0.15) is 0 Å². The molecular formula is C14H10N2O6. The second-order valence-electron chi connectivity index (χ2n) is 3.92. The van der Waals surface area contributed by atoms with Crippen molar-refractivity contribution >= 4 is 23.7 Å². The van der Waals surface area contributed by atoms with Crippen molar-refractivity contribution in [2.45, 2.75) is 0 Å². The Morgan fingerprint density at radius 1 is 0.682 bits per heavy atom. The maximum atomic E-state index is 10.3. The molecule has 0 saturated carbocycles. The standard InChI is InChI=1S/C14H10N2O6/c17-13(18)21-11-5-1-9(2-6-11)15-16-10-3-7-12(8-4-10)22-14(19)20/h1-8H,(H,17,18)(H,19,20). The van der Waals surface area contributed by atoms with Crippen molar-refractivity contribution in [2.24, 2.45) is 10.2 Å². The van der Waals surface area contributed by atoms with Gasteiger partial charge >= 0.3 is 12.3 Å². The second kappa shape index (κ2) is 6.84. The van der Waals surface area contributed by atoms with Crippen LogP contribution in [-0.4, -0.2) is 22.5 Å². The largest absolute Gasteiger partial charge is 0.511 e. The molecule has 22 heavy (non-hydrogen) atoms. The lowest BCUT2D eigenvalue weighted by Crippen LogP contribution is -2.02. The van der Waals surface area contributed by atoms with Gasteiger partial charge in [0.15, 0.2) is 0 Å². The second-order valence-corrected chi connectivity index (χ2v) is 3.92. The third-order valence-corrected chi connectivity index (χ3v) is 2.36. The molecule has 0 saturated heterocycles. The third kappa shape index (κ3) is 4.60. The van der Waals surface area contributed by atoms with Crippen LogP contribution in [0.3, 0.4) is 0 Å². The number of carbonyl (C=O) groups is 2. The van der Waals surface area contributed by atoms with Gasteiger partial charge in [0.05, 0.1) is 11.4 Å². The van der Waals surface area contributed by atoms with Gasteiger partial charge in [-0.1, -0.05) is 0 Å². The van der Waals surface area contributed by atoms with Crippen LogP contribution in [0.15, 0.2) is 58.8 Å². The molecule has 0 aliphatic rings. The highest BCUT2D eigenvalue weighted by molar-refractivity contribution is 5.62. The summed E-state index contributed by atoms with van der Waals surface area (Å²) in [5, 5.41) is 24.8. The summed E-state index contributed by atoms with van der Waals surface area (Å²) < 4.78 is 8.92. The molecular weight excluding hydrogens is 292 g/mol. The van der Waals surface area contributed by atoms with E-state index in [4.69, 9.17) is 10.2 Å². The number of azo groups is 1. The van der Waals surface area contributed by atoms with Gasteiger partial charge in [0.25, 0.3) is 0 Å². The average Bonchev–Trinajstić information content (AvgIpc) is 2.47. The highest BCUT2D eigenvalue weighted by atomic mass is 16.7. The minimum absolute atomic E-state index is 0.182. The van der Waals surface area contributed by atoms with Gasteiger partial charge in [-0.2, -0.15) is 10.2 Å². The summed E-state index contributed by atoms with van der Waals surface area (Å²) in [5.41, 5.74) is 1.01. The molecule has 2 aromatic carbocycles. The molecule has 0 atom stereocenters. The van der Waals surface area contributed by atoms with Crippen molar-refractivity contribution in [1.29, 1.82) is 0 Å². The van der Waals surface area contributed by atoms with E-state index in [0.29, 0.717) is 11.4 Å². The molecule has 2 aromatic rings. The van der Waals surface area contributed by atoms with Crippen molar-refractivity contribution in [3.05, 3.63) is 48.5 Å². The number of rotatable bonds is 4.